The van der Waals surface area contributed by atoms with Crippen LogP contribution in [0.1, 0.15) is 28.8 Å². The minimum Gasteiger partial charge on any atom is -0.506 e. The smallest absolute Gasteiger partial charge is 0.271 e. The van der Waals surface area contributed by atoms with E-state index in [0.717, 1.165) is 40.9 Å². The molecule has 0 spiro atoms. The first-order valence-corrected chi connectivity index (χ1v) is 14.0. The Morgan fingerprint density at radius 3 is 2.43 bits per heavy atom. The summed E-state index contributed by atoms with van der Waals surface area (Å²) < 4.78 is 6.20. The van der Waals surface area contributed by atoms with Gasteiger partial charge in [0, 0.05) is 41.8 Å². The first kappa shape index (κ1) is 28.9. The molecule has 1 heterocycles. The van der Waals surface area contributed by atoms with Gasteiger partial charge in [0.05, 0.1) is 11.2 Å². The molecule has 42 heavy (non-hydrogen) atoms. The minimum atomic E-state index is -0.761. The Labute approximate surface area is 248 Å². The zero-order chi connectivity index (χ0) is 29.5. The molecule has 9 nitrogen and oxygen atoms in total. The summed E-state index contributed by atoms with van der Waals surface area (Å²) in [5.74, 6) is -0.122. The molecule has 10 heteroatoms. The molecule has 1 aliphatic heterocycles. The fraction of sp³-hybridized carbons (Fsp3) is 0.219. The lowest BCUT2D eigenvalue weighted by Crippen LogP contribution is -2.57. The molecule has 0 atom stereocenters. The van der Waals surface area contributed by atoms with Crippen LogP contribution in [0.5, 0.6) is 11.5 Å². The number of primary amides is 1. The van der Waals surface area contributed by atoms with Crippen LogP contribution in [-0.4, -0.2) is 59.8 Å². The van der Waals surface area contributed by atoms with Crippen LogP contribution in [-0.2, 0) is 4.79 Å². The van der Waals surface area contributed by atoms with E-state index in [-0.39, 0.29) is 22.2 Å². The molecule has 5 N–H and O–H groups in total. The lowest BCUT2D eigenvalue weighted by atomic mass is 9.86. The number of phenolic OH excluding ortho intramolecular Hbond substituents is 1. The Kier molecular flexibility index (Phi) is 8.90. The van der Waals surface area contributed by atoms with Crippen LogP contribution in [0.2, 0.25) is 5.02 Å². The Hall–Kier alpha value is -4.60. The van der Waals surface area contributed by atoms with Crippen molar-refractivity contribution in [1.82, 2.24) is 10.3 Å². The third-order valence-corrected chi connectivity index (χ3v) is 7.80. The number of carbonyl (C=O) groups excluding carboxylic acids is 2. The standard InChI is InChI=1S/C32H32ClN5O4/c33-27-20-22(10-12-28(27)39)30(40)37-35-21-23-11-13-29(26-9-5-4-8-25(23)26)42-19-18-38-16-14-32(15-17-38,31(34)41)36-24-6-2-1-3-7-24/h1-13,20-21,36,39H,14-19H2,(H2,34,41)(H,37,40)/b35-21+. The van der Waals surface area contributed by atoms with E-state index in [2.05, 4.69) is 20.7 Å². The van der Waals surface area contributed by atoms with Crippen molar-refractivity contribution in [1.29, 1.82) is 0 Å². The van der Waals surface area contributed by atoms with Crippen molar-refractivity contribution in [2.24, 2.45) is 10.8 Å². The number of hydrogen-bond donors (Lipinski definition) is 4. The molecule has 4 aromatic rings. The molecule has 2 amide bonds. The molecule has 0 radical (unpaired) electrons. The quantitative estimate of drug-likeness (QED) is 0.157. The summed E-state index contributed by atoms with van der Waals surface area (Å²) in [6.45, 7) is 2.65. The van der Waals surface area contributed by atoms with Crippen molar-refractivity contribution in [2.75, 3.05) is 31.6 Å². The van der Waals surface area contributed by atoms with Gasteiger partial charge in [0.2, 0.25) is 5.91 Å². The number of aromatic hydroxyl groups is 1. The summed E-state index contributed by atoms with van der Waals surface area (Å²) >= 11 is 5.90. The lowest BCUT2D eigenvalue weighted by Gasteiger charge is -2.40. The van der Waals surface area contributed by atoms with Crippen molar-refractivity contribution in [3.8, 4) is 11.5 Å². The molecule has 4 aromatic carbocycles. The Morgan fingerprint density at radius 1 is 1.00 bits per heavy atom. The van der Waals surface area contributed by atoms with Crippen LogP contribution in [0.15, 0.2) is 90.0 Å². The second kappa shape index (κ2) is 12.9. The first-order valence-electron chi connectivity index (χ1n) is 13.7. The molecular weight excluding hydrogens is 554 g/mol. The fourth-order valence-electron chi connectivity index (χ4n) is 5.08. The van der Waals surface area contributed by atoms with Crippen LogP contribution < -0.4 is 21.2 Å². The molecule has 0 saturated carbocycles. The van der Waals surface area contributed by atoms with Crippen LogP contribution in [0.4, 0.5) is 5.69 Å². The molecule has 5 rings (SSSR count). The highest BCUT2D eigenvalue weighted by Crippen LogP contribution is 2.29. The van der Waals surface area contributed by atoms with Gasteiger partial charge in [-0.1, -0.05) is 54.1 Å². The van der Waals surface area contributed by atoms with E-state index in [9.17, 15) is 14.7 Å². The number of benzene rings is 4. The van der Waals surface area contributed by atoms with Crippen molar-refractivity contribution < 1.29 is 19.4 Å². The number of nitrogens with two attached hydrogens (primary N) is 1. The number of carbonyl (C=O) groups is 2. The number of anilines is 1. The SMILES string of the molecule is NC(=O)C1(Nc2ccccc2)CCN(CCOc2ccc(/C=N/NC(=O)c3ccc(O)c(Cl)c3)c3ccccc23)CC1. The predicted molar refractivity (Wildman–Crippen MR) is 165 cm³/mol. The van der Waals surface area contributed by atoms with Gasteiger partial charge >= 0.3 is 0 Å². The van der Waals surface area contributed by atoms with Crippen LogP contribution in [0.3, 0.4) is 0 Å². The van der Waals surface area contributed by atoms with Gasteiger partial charge in [-0.2, -0.15) is 5.10 Å². The predicted octanol–water partition coefficient (Wildman–Crippen LogP) is 4.77. The summed E-state index contributed by atoms with van der Waals surface area (Å²) in [6.07, 6.45) is 2.81. The number of fused-ring (bicyclic) bond motifs is 1. The van der Waals surface area contributed by atoms with E-state index in [1.54, 1.807) is 6.21 Å². The largest absolute Gasteiger partial charge is 0.506 e. The number of rotatable bonds is 10. The van der Waals surface area contributed by atoms with Gasteiger partial charge in [0.15, 0.2) is 0 Å². The summed E-state index contributed by atoms with van der Waals surface area (Å²) in [7, 11) is 0. The van der Waals surface area contributed by atoms with E-state index >= 15 is 0 Å². The highest BCUT2D eigenvalue weighted by molar-refractivity contribution is 6.32. The highest BCUT2D eigenvalue weighted by Gasteiger charge is 2.39. The molecule has 1 fully saturated rings. The topological polar surface area (TPSA) is 129 Å². The second-order valence-corrected chi connectivity index (χ2v) is 10.6. The number of likely N-dealkylation sites (tertiary alicyclic amines) is 1. The van der Waals surface area contributed by atoms with E-state index in [1.165, 1.54) is 18.2 Å². The van der Waals surface area contributed by atoms with Crippen molar-refractivity contribution in [3.63, 3.8) is 0 Å². The number of piperidine rings is 1. The fourth-order valence-corrected chi connectivity index (χ4v) is 5.26. The van der Waals surface area contributed by atoms with E-state index in [4.69, 9.17) is 22.1 Å². The summed E-state index contributed by atoms with van der Waals surface area (Å²) in [5.41, 5.74) is 9.54. The van der Waals surface area contributed by atoms with Gasteiger partial charge < -0.3 is 20.9 Å². The van der Waals surface area contributed by atoms with Gasteiger partial charge in [-0.05, 0) is 60.7 Å². The number of hydrazone groups is 1. The average molecular weight is 586 g/mol. The van der Waals surface area contributed by atoms with Gasteiger partial charge in [0.25, 0.3) is 5.91 Å². The third-order valence-electron chi connectivity index (χ3n) is 7.50. The van der Waals surface area contributed by atoms with E-state index in [1.807, 2.05) is 66.7 Å². The van der Waals surface area contributed by atoms with Gasteiger partial charge in [-0.25, -0.2) is 5.43 Å². The van der Waals surface area contributed by atoms with Crippen LogP contribution >= 0.6 is 11.6 Å². The maximum Gasteiger partial charge on any atom is 0.271 e. The van der Waals surface area contributed by atoms with Gasteiger partial charge in [0.1, 0.15) is 23.6 Å². The number of hydrogen-bond acceptors (Lipinski definition) is 7. The molecule has 0 aliphatic carbocycles. The zero-order valence-corrected chi connectivity index (χ0v) is 23.7. The van der Waals surface area contributed by atoms with Crippen molar-refractivity contribution in [2.45, 2.75) is 18.4 Å². The summed E-state index contributed by atoms with van der Waals surface area (Å²) in [5, 5.41) is 19.0. The number of nitrogens with one attached hydrogen (secondary N) is 2. The van der Waals surface area contributed by atoms with E-state index < -0.39 is 11.4 Å². The Balaban J connectivity index is 1.18. The average Bonchev–Trinajstić information content (AvgIpc) is 3.00. The zero-order valence-electron chi connectivity index (χ0n) is 22.9. The first-order chi connectivity index (χ1) is 20.3. The van der Waals surface area contributed by atoms with Gasteiger partial charge in [-0.15, -0.1) is 0 Å². The highest BCUT2D eigenvalue weighted by atomic mass is 35.5. The number of nitrogens with zero attached hydrogens (tertiary/aromatic N) is 2. The minimum absolute atomic E-state index is 0.0901. The van der Waals surface area contributed by atoms with Crippen LogP contribution in [0, 0.1) is 0 Å². The molecule has 1 aliphatic rings. The van der Waals surface area contributed by atoms with Crippen molar-refractivity contribution >= 4 is 46.1 Å². The normalized spacial score (nSPS) is 15.0. The summed E-state index contributed by atoms with van der Waals surface area (Å²) in [6, 6.07) is 25.5. The molecule has 0 aromatic heterocycles. The third kappa shape index (κ3) is 6.64. The Morgan fingerprint density at radius 2 is 1.71 bits per heavy atom. The maximum absolute atomic E-state index is 12.4. The molecule has 0 bridgehead atoms. The summed E-state index contributed by atoms with van der Waals surface area (Å²) in [4.78, 5) is 27.1. The monoisotopic (exact) mass is 585 g/mol. The van der Waals surface area contributed by atoms with Crippen LogP contribution in [0.25, 0.3) is 10.8 Å². The van der Waals surface area contributed by atoms with E-state index in [0.29, 0.717) is 26.0 Å². The number of halogens is 1. The number of amides is 2. The molecular formula is C32H32ClN5O4. The lowest BCUT2D eigenvalue weighted by molar-refractivity contribution is -0.123. The number of phenols is 1. The number of ether oxygens (including phenoxy) is 1. The number of para-hydroxylation sites is 1. The second-order valence-electron chi connectivity index (χ2n) is 10.2. The van der Waals surface area contributed by atoms with Crippen molar-refractivity contribution in [3.05, 3.63) is 101 Å². The Bertz CT molecular complexity index is 1600. The maximum atomic E-state index is 12.4. The van der Waals surface area contributed by atoms with Gasteiger partial charge in [-0.3, -0.25) is 14.5 Å². The molecule has 1 saturated heterocycles. The molecule has 0 unspecified atom stereocenters. The molecule has 216 valence electrons.